The lowest BCUT2D eigenvalue weighted by Crippen LogP contribution is -2.24. The Hall–Kier alpha value is -1.51. The fourth-order valence-electron chi connectivity index (χ4n) is 2.03. The summed E-state index contributed by atoms with van der Waals surface area (Å²) in [7, 11) is -3.44. The molecule has 2 heterocycles. The van der Waals surface area contributed by atoms with Gasteiger partial charge in [-0.1, -0.05) is 15.9 Å². The van der Waals surface area contributed by atoms with Crippen molar-refractivity contribution in [3.05, 3.63) is 56.9 Å². The first-order valence-electron chi connectivity index (χ1n) is 6.38. The Morgan fingerprint density at radius 1 is 1.18 bits per heavy atom. The molecular formula is C14H11BrN2O3S2. The zero-order chi connectivity index (χ0) is 15.7. The summed E-state index contributed by atoms with van der Waals surface area (Å²) in [5.41, 5.74) is -0.211. The molecule has 0 saturated carbocycles. The molecule has 0 spiro atoms. The minimum absolute atomic E-state index is 0.0794. The lowest BCUT2D eigenvalue weighted by atomic mass is 10.4. The fraction of sp³-hybridized carbons (Fsp3) is 0.143. The second-order valence-corrected chi connectivity index (χ2v) is 8.57. The lowest BCUT2D eigenvalue weighted by Gasteiger charge is -2.07. The van der Waals surface area contributed by atoms with Gasteiger partial charge in [-0.3, -0.25) is 9.36 Å². The van der Waals surface area contributed by atoms with Crippen LogP contribution in [0.2, 0.25) is 0 Å². The van der Waals surface area contributed by atoms with Gasteiger partial charge in [0, 0.05) is 11.0 Å². The first-order valence-corrected chi connectivity index (χ1v) is 9.71. The van der Waals surface area contributed by atoms with Crippen LogP contribution in [0.5, 0.6) is 0 Å². The van der Waals surface area contributed by atoms with E-state index in [4.69, 9.17) is 0 Å². The molecule has 2 aromatic heterocycles. The Morgan fingerprint density at radius 3 is 2.64 bits per heavy atom. The second kappa shape index (κ2) is 5.94. The number of nitrogens with zero attached hydrogens (tertiary/aromatic N) is 2. The third-order valence-corrected chi connectivity index (χ3v) is 6.28. The number of fused-ring (bicyclic) bond motifs is 1. The van der Waals surface area contributed by atoms with E-state index in [1.54, 1.807) is 35.7 Å². The fourth-order valence-corrected chi connectivity index (χ4v) is 4.24. The van der Waals surface area contributed by atoms with E-state index >= 15 is 0 Å². The molecule has 0 radical (unpaired) electrons. The Kier molecular flexibility index (Phi) is 4.16. The largest absolute Gasteiger partial charge is 0.298 e. The summed E-state index contributed by atoms with van der Waals surface area (Å²) in [4.78, 5) is 17.3. The normalized spacial score (nSPS) is 11.9. The molecule has 0 amide bonds. The average Bonchev–Trinajstić information content (AvgIpc) is 2.96. The van der Waals surface area contributed by atoms with Crippen molar-refractivity contribution in [3.8, 4) is 0 Å². The van der Waals surface area contributed by atoms with Gasteiger partial charge in [-0.2, -0.15) is 0 Å². The Balaban J connectivity index is 1.85. The van der Waals surface area contributed by atoms with E-state index in [0.29, 0.717) is 10.2 Å². The molecule has 8 heteroatoms. The Bertz CT molecular complexity index is 975. The maximum atomic E-state index is 12.3. The van der Waals surface area contributed by atoms with Crippen molar-refractivity contribution < 1.29 is 8.42 Å². The van der Waals surface area contributed by atoms with E-state index in [2.05, 4.69) is 20.9 Å². The van der Waals surface area contributed by atoms with Crippen molar-refractivity contribution >= 4 is 47.3 Å². The third-order valence-electron chi connectivity index (χ3n) is 3.22. The van der Waals surface area contributed by atoms with Crippen LogP contribution in [-0.4, -0.2) is 23.7 Å². The summed E-state index contributed by atoms with van der Waals surface area (Å²) in [5.74, 6) is -0.147. The number of hydrogen-bond donors (Lipinski definition) is 0. The number of aryl methyl sites for hydroxylation is 1. The first-order chi connectivity index (χ1) is 10.5. The number of hydrogen-bond acceptors (Lipinski definition) is 5. The van der Waals surface area contributed by atoms with Gasteiger partial charge in [0.1, 0.15) is 4.83 Å². The quantitative estimate of drug-likeness (QED) is 0.677. The summed E-state index contributed by atoms with van der Waals surface area (Å²) in [6.07, 6.45) is 1.40. The summed E-state index contributed by atoms with van der Waals surface area (Å²) in [6, 6.07) is 8.15. The highest BCUT2D eigenvalue weighted by Gasteiger charge is 2.15. The van der Waals surface area contributed by atoms with Crippen LogP contribution in [0.1, 0.15) is 0 Å². The highest BCUT2D eigenvalue weighted by atomic mass is 79.9. The smallest absolute Gasteiger partial charge is 0.262 e. The number of aromatic nitrogens is 2. The maximum Gasteiger partial charge on any atom is 0.262 e. The van der Waals surface area contributed by atoms with Gasteiger partial charge in [-0.15, -0.1) is 11.3 Å². The second-order valence-electron chi connectivity index (χ2n) is 4.66. The molecule has 1 aromatic carbocycles. The molecule has 3 aromatic rings. The maximum absolute atomic E-state index is 12.3. The van der Waals surface area contributed by atoms with Crippen molar-refractivity contribution in [2.75, 3.05) is 5.75 Å². The zero-order valence-electron chi connectivity index (χ0n) is 11.3. The van der Waals surface area contributed by atoms with Crippen LogP contribution in [0.25, 0.3) is 10.2 Å². The number of sulfone groups is 1. The predicted molar refractivity (Wildman–Crippen MR) is 90.1 cm³/mol. The monoisotopic (exact) mass is 398 g/mol. The van der Waals surface area contributed by atoms with E-state index in [0.717, 1.165) is 4.47 Å². The van der Waals surface area contributed by atoms with E-state index in [-0.39, 0.29) is 22.8 Å². The van der Waals surface area contributed by atoms with E-state index in [1.807, 2.05) is 0 Å². The predicted octanol–water partition coefficient (Wildman–Crippen LogP) is 2.69. The molecule has 0 bridgehead atoms. The molecule has 5 nitrogen and oxygen atoms in total. The van der Waals surface area contributed by atoms with E-state index in [9.17, 15) is 13.2 Å². The average molecular weight is 399 g/mol. The molecule has 0 aliphatic heterocycles. The van der Waals surface area contributed by atoms with Gasteiger partial charge in [0.05, 0.1) is 22.4 Å². The van der Waals surface area contributed by atoms with Crippen LogP contribution < -0.4 is 5.56 Å². The molecule has 3 rings (SSSR count). The topological polar surface area (TPSA) is 69.0 Å². The van der Waals surface area contributed by atoms with Crippen molar-refractivity contribution in [1.82, 2.24) is 9.55 Å². The van der Waals surface area contributed by atoms with Gasteiger partial charge in [-0.05, 0) is 35.7 Å². The highest BCUT2D eigenvalue weighted by molar-refractivity contribution is 9.10. The standard InChI is InChI=1S/C14H11BrN2O3S2/c15-10-1-3-11(4-2-10)22(19,20)8-6-17-9-16-13-12(14(17)18)5-7-21-13/h1-5,7,9H,6,8H2. The Morgan fingerprint density at radius 2 is 1.91 bits per heavy atom. The van der Waals surface area contributed by atoms with Gasteiger partial charge < -0.3 is 0 Å². The summed E-state index contributed by atoms with van der Waals surface area (Å²) in [6.45, 7) is 0.0794. The summed E-state index contributed by atoms with van der Waals surface area (Å²) >= 11 is 4.65. The number of halogens is 1. The van der Waals surface area contributed by atoms with Gasteiger partial charge in [0.15, 0.2) is 9.84 Å². The molecule has 0 unspecified atom stereocenters. The molecule has 114 valence electrons. The van der Waals surface area contributed by atoms with Crippen LogP contribution in [0.3, 0.4) is 0 Å². The van der Waals surface area contributed by atoms with Crippen molar-refractivity contribution in [2.45, 2.75) is 11.4 Å². The van der Waals surface area contributed by atoms with Crippen LogP contribution in [0.4, 0.5) is 0 Å². The summed E-state index contributed by atoms with van der Waals surface area (Å²) in [5, 5.41) is 2.32. The minimum Gasteiger partial charge on any atom is -0.298 e. The van der Waals surface area contributed by atoms with E-state index in [1.165, 1.54) is 22.2 Å². The minimum atomic E-state index is -3.44. The number of rotatable bonds is 4. The number of thiophene rings is 1. The highest BCUT2D eigenvalue weighted by Crippen LogP contribution is 2.16. The third kappa shape index (κ3) is 2.99. The number of benzene rings is 1. The van der Waals surface area contributed by atoms with Gasteiger partial charge >= 0.3 is 0 Å². The molecule has 0 fully saturated rings. The lowest BCUT2D eigenvalue weighted by molar-refractivity contribution is 0.587. The van der Waals surface area contributed by atoms with Crippen LogP contribution in [-0.2, 0) is 16.4 Å². The molecule has 0 aliphatic carbocycles. The van der Waals surface area contributed by atoms with Gasteiger partial charge in [-0.25, -0.2) is 13.4 Å². The van der Waals surface area contributed by atoms with Crippen molar-refractivity contribution in [3.63, 3.8) is 0 Å². The molecule has 0 aliphatic rings. The van der Waals surface area contributed by atoms with E-state index < -0.39 is 9.84 Å². The SMILES string of the molecule is O=c1c2ccsc2ncn1CCS(=O)(=O)c1ccc(Br)cc1. The molecule has 0 N–H and O–H groups in total. The van der Waals surface area contributed by atoms with Gasteiger partial charge in [0.2, 0.25) is 0 Å². The first kappa shape index (κ1) is 15.4. The molecule has 22 heavy (non-hydrogen) atoms. The summed E-state index contributed by atoms with van der Waals surface area (Å²) < 4.78 is 26.7. The molecule has 0 atom stereocenters. The Labute approximate surface area is 139 Å². The van der Waals surface area contributed by atoms with Gasteiger partial charge in [0.25, 0.3) is 5.56 Å². The molecule has 0 saturated heterocycles. The van der Waals surface area contributed by atoms with Crippen molar-refractivity contribution in [1.29, 1.82) is 0 Å². The van der Waals surface area contributed by atoms with Crippen LogP contribution >= 0.6 is 27.3 Å². The molecular weight excluding hydrogens is 388 g/mol. The van der Waals surface area contributed by atoms with Crippen molar-refractivity contribution in [2.24, 2.45) is 0 Å². The van der Waals surface area contributed by atoms with Crippen LogP contribution in [0.15, 0.2) is 56.2 Å². The zero-order valence-corrected chi connectivity index (χ0v) is 14.5. The van der Waals surface area contributed by atoms with Crippen LogP contribution in [0, 0.1) is 0 Å².